The number of hydrogen-bond acceptors (Lipinski definition) is 5. The number of fused-ring (bicyclic) bond motifs is 3. The average Bonchev–Trinajstić information content (AvgIpc) is 3.21. The number of aliphatic hydroxyl groups excluding tert-OH is 1. The van der Waals surface area contributed by atoms with Crippen molar-refractivity contribution in [2.45, 2.75) is 12.5 Å². The lowest BCUT2D eigenvalue weighted by Crippen LogP contribution is -2.33. The van der Waals surface area contributed by atoms with Gasteiger partial charge in [-0.3, -0.25) is 4.79 Å². The number of thiophene rings is 1. The molecule has 2 heterocycles. The van der Waals surface area contributed by atoms with E-state index in [-0.39, 0.29) is 11.3 Å². The Hall–Kier alpha value is -2.50. The van der Waals surface area contributed by atoms with Gasteiger partial charge in [0.2, 0.25) is 5.78 Å². The lowest BCUT2D eigenvalue weighted by Gasteiger charge is -2.20. The van der Waals surface area contributed by atoms with Gasteiger partial charge in [-0.25, -0.2) is 4.99 Å². The molecule has 5 rings (SSSR count). The molecule has 5 heteroatoms. The molecule has 1 unspecified atom stereocenters. The van der Waals surface area contributed by atoms with Crippen LogP contribution in [0.15, 0.2) is 40.7 Å². The Labute approximate surface area is 135 Å². The second-order valence-electron chi connectivity index (χ2n) is 5.84. The van der Waals surface area contributed by atoms with Crippen LogP contribution in [0.5, 0.6) is 5.75 Å². The largest absolute Gasteiger partial charge is 0.507 e. The smallest absolute Gasteiger partial charge is 0.203 e. The number of aliphatic imine (C=N–C) groups is 1. The molecular weight excluding hydrogens is 310 g/mol. The van der Waals surface area contributed by atoms with E-state index in [1.165, 1.54) is 0 Å². The van der Waals surface area contributed by atoms with Gasteiger partial charge in [-0.1, -0.05) is 18.2 Å². The van der Waals surface area contributed by atoms with Gasteiger partial charge in [0.15, 0.2) is 6.10 Å². The zero-order valence-electron chi connectivity index (χ0n) is 11.9. The highest BCUT2D eigenvalue weighted by molar-refractivity contribution is 7.17. The van der Waals surface area contributed by atoms with Crippen LogP contribution in [0.4, 0.5) is 5.69 Å². The van der Waals surface area contributed by atoms with Crippen LogP contribution < -0.4 is 0 Å². The maximum atomic E-state index is 12.6. The molecule has 112 valence electrons. The number of aromatic hydroxyl groups is 1. The van der Waals surface area contributed by atoms with Crippen molar-refractivity contribution in [2.75, 3.05) is 0 Å². The molecule has 0 spiro atoms. The standard InChI is InChI=1S/C18H11NO3S/c20-16-10-5-8(10)6-12-14(16)17(21)18(22)15(19-12)11-7-23-13-4-2-1-3-9(11)13/h1-4,6-7,18,20,22H,5H2. The molecule has 1 aromatic heterocycles. The highest BCUT2D eigenvalue weighted by Crippen LogP contribution is 2.46. The topological polar surface area (TPSA) is 69.9 Å². The number of benzene rings is 2. The van der Waals surface area contributed by atoms with Gasteiger partial charge in [-0.05, 0) is 17.7 Å². The Bertz CT molecular complexity index is 1050. The fourth-order valence-corrected chi connectivity index (χ4v) is 4.15. The second kappa shape index (κ2) is 4.28. The van der Waals surface area contributed by atoms with E-state index in [0.717, 1.165) is 26.8 Å². The Kier molecular flexibility index (Phi) is 2.42. The minimum absolute atomic E-state index is 0.0143. The van der Waals surface area contributed by atoms with Crippen LogP contribution in [-0.4, -0.2) is 27.8 Å². The van der Waals surface area contributed by atoms with E-state index in [2.05, 4.69) is 4.99 Å². The van der Waals surface area contributed by atoms with Crippen LogP contribution in [0.25, 0.3) is 10.1 Å². The van der Waals surface area contributed by atoms with E-state index in [4.69, 9.17) is 0 Å². The predicted octanol–water partition coefficient (Wildman–Crippen LogP) is 3.19. The summed E-state index contributed by atoms with van der Waals surface area (Å²) in [5, 5.41) is 23.5. The molecule has 0 fully saturated rings. The first-order valence-corrected chi connectivity index (χ1v) is 8.18. The number of ketones is 1. The number of carbonyl (C=O) groups excluding carboxylic acids is 1. The maximum Gasteiger partial charge on any atom is 0.203 e. The minimum Gasteiger partial charge on any atom is -0.507 e. The van der Waals surface area contributed by atoms with Crippen molar-refractivity contribution in [3.63, 3.8) is 0 Å². The molecule has 3 aromatic rings. The molecule has 2 aromatic carbocycles. The van der Waals surface area contributed by atoms with Crippen molar-refractivity contribution in [2.24, 2.45) is 4.99 Å². The first kappa shape index (κ1) is 13.0. The molecule has 1 aliphatic carbocycles. The summed E-state index contributed by atoms with van der Waals surface area (Å²) < 4.78 is 1.08. The van der Waals surface area contributed by atoms with Crippen LogP contribution in [0.2, 0.25) is 0 Å². The number of aliphatic hydroxyl groups is 1. The summed E-state index contributed by atoms with van der Waals surface area (Å²) >= 11 is 1.56. The fourth-order valence-electron chi connectivity index (χ4n) is 3.20. The van der Waals surface area contributed by atoms with Crippen LogP contribution in [-0.2, 0) is 6.42 Å². The molecule has 1 atom stereocenters. The van der Waals surface area contributed by atoms with E-state index in [0.29, 0.717) is 17.8 Å². The van der Waals surface area contributed by atoms with Crippen LogP contribution >= 0.6 is 11.3 Å². The first-order chi connectivity index (χ1) is 11.1. The highest BCUT2D eigenvalue weighted by atomic mass is 32.1. The second-order valence-corrected chi connectivity index (χ2v) is 6.75. The maximum absolute atomic E-state index is 12.6. The van der Waals surface area contributed by atoms with Crippen molar-refractivity contribution in [1.82, 2.24) is 0 Å². The Morgan fingerprint density at radius 1 is 1.26 bits per heavy atom. The highest BCUT2D eigenvalue weighted by Gasteiger charge is 2.37. The van der Waals surface area contributed by atoms with Crippen molar-refractivity contribution in [1.29, 1.82) is 0 Å². The van der Waals surface area contributed by atoms with Gasteiger partial charge in [0.1, 0.15) is 5.75 Å². The number of phenols is 1. The van der Waals surface area contributed by atoms with Crippen LogP contribution in [0.1, 0.15) is 27.0 Å². The van der Waals surface area contributed by atoms with Gasteiger partial charge in [0.25, 0.3) is 0 Å². The van der Waals surface area contributed by atoms with Crippen molar-refractivity contribution in [3.05, 3.63) is 58.0 Å². The van der Waals surface area contributed by atoms with Crippen molar-refractivity contribution >= 4 is 38.6 Å². The number of hydrogen-bond donors (Lipinski definition) is 2. The molecule has 23 heavy (non-hydrogen) atoms. The van der Waals surface area contributed by atoms with Crippen molar-refractivity contribution in [3.8, 4) is 5.75 Å². The summed E-state index contributed by atoms with van der Waals surface area (Å²) in [6, 6.07) is 9.67. The third-order valence-electron chi connectivity index (χ3n) is 4.47. The zero-order chi connectivity index (χ0) is 15.7. The molecule has 0 radical (unpaired) electrons. The predicted molar refractivity (Wildman–Crippen MR) is 89.3 cm³/mol. The molecule has 0 saturated carbocycles. The quantitative estimate of drug-likeness (QED) is 0.566. The third-order valence-corrected chi connectivity index (χ3v) is 5.43. The first-order valence-electron chi connectivity index (χ1n) is 7.30. The Morgan fingerprint density at radius 3 is 2.96 bits per heavy atom. The normalized spacial score (nSPS) is 18.6. The molecule has 0 bridgehead atoms. The Morgan fingerprint density at radius 2 is 2.09 bits per heavy atom. The molecular formula is C18H11NO3S. The molecule has 0 amide bonds. The van der Waals surface area contributed by atoms with Gasteiger partial charge < -0.3 is 10.2 Å². The van der Waals surface area contributed by atoms with E-state index in [9.17, 15) is 15.0 Å². The number of Topliss-reactive ketones (excluding diaryl/α,β-unsaturated/α-hetero) is 1. The monoisotopic (exact) mass is 321 g/mol. The van der Waals surface area contributed by atoms with E-state index in [1.54, 1.807) is 11.3 Å². The summed E-state index contributed by atoms with van der Waals surface area (Å²) in [7, 11) is 0. The Balaban J connectivity index is 1.77. The lowest BCUT2D eigenvalue weighted by molar-refractivity contribution is 0.0839. The van der Waals surface area contributed by atoms with Gasteiger partial charge in [0.05, 0.1) is 17.0 Å². The van der Waals surface area contributed by atoms with Gasteiger partial charge >= 0.3 is 0 Å². The SMILES string of the molecule is O=C1c2c(cc3c(c2O)C3)N=C(c2csc3ccccc23)C1O. The van der Waals surface area contributed by atoms with E-state index >= 15 is 0 Å². The average molecular weight is 321 g/mol. The minimum atomic E-state index is -1.34. The van der Waals surface area contributed by atoms with E-state index < -0.39 is 11.9 Å². The zero-order valence-corrected chi connectivity index (χ0v) is 12.7. The summed E-state index contributed by atoms with van der Waals surface area (Å²) in [6.07, 6.45) is -0.655. The van der Waals surface area contributed by atoms with Gasteiger partial charge in [-0.15, -0.1) is 11.3 Å². The summed E-state index contributed by atoms with van der Waals surface area (Å²) in [4.78, 5) is 17.1. The molecule has 0 saturated heterocycles. The van der Waals surface area contributed by atoms with Crippen molar-refractivity contribution < 1.29 is 15.0 Å². The third kappa shape index (κ3) is 1.69. The number of phenolic OH excluding ortho intramolecular Hbond substituents is 1. The fraction of sp³-hybridized carbons (Fsp3) is 0.111. The van der Waals surface area contributed by atoms with E-state index in [1.807, 2.05) is 35.7 Å². The number of nitrogens with zero attached hydrogens (tertiary/aromatic N) is 1. The summed E-state index contributed by atoms with van der Waals surface area (Å²) in [5.74, 6) is -0.494. The van der Waals surface area contributed by atoms with Gasteiger partial charge in [-0.2, -0.15) is 0 Å². The number of rotatable bonds is 1. The number of carbonyl (C=O) groups is 1. The summed E-state index contributed by atoms with van der Waals surface area (Å²) in [6.45, 7) is 0. The molecule has 2 N–H and O–H groups in total. The molecule has 4 nitrogen and oxygen atoms in total. The van der Waals surface area contributed by atoms with Crippen LogP contribution in [0.3, 0.4) is 0 Å². The summed E-state index contributed by atoms with van der Waals surface area (Å²) in [5.41, 5.74) is 3.56. The van der Waals surface area contributed by atoms with Gasteiger partial charge in [0, 0.05) is 33.0 Å². The van der Waals surface area contributed by atoms with Crippen LogP contribution in [0, 0.1) is 0 Å². The molecule has 2 aliphatic rings. The molecule has 1 aliphatic heterocycles. The lowest BCUT2D eigenvalue weighted by atomic mass is 9.93.